The van der Waals surface area contributed by atoms with Gasteiger partial charge in [-0.1, -0.05) is 42.5 Å². The summed E-state index contributed by atoms with van der Waals surface area (Å²) < 4.78 is 0. The van der Waals surface area contributed by atoms with Gasteiger partial charge in [-0.3, -0.25) is 5.41 Å². The molecule has 0 spiro atoms. The first-order valence-corrected chi connectivity index (χ1v) is 5.87. The third-order valence-electron chi connectivity index (χ3n) is 2.87. The average Bonchev–Trinajstić information content (AvgIpc) is 2.40. The minimum Gasteiger partial charge on any atom is -0.384 e. The highest BCUT2D eigenvalue weighted by Gasteiger charge is 2.09. The lowest BCUT2D eigenvalue weighted by molar-refractivity contribution is 0.921. The van der Waals surface area contributed by atoms with Gasteiger partial charge >= 0.3 is 0 Å². The fraction of sp³-hybridized carbons (Fsp3) is 0.133. The van der Waals surface area contributed by atoms with Crippen LogP contribution in [0.5, 0.6) is 0 Å². The third-order valence-corrected chi connectivity index (χ3v) is 2.87. The minimum atomic E-state index is 0.102. The predicted octanol–water partition coefficient (Wildman–Crippen LogP) is 2.61. The van der Waals surface area contributed by atoms with Crippen LogP contribution in [0, 0.1) is 5.41 Å². The number of nitrogen functional groups attached to an aromatic ring is 1. The highest BCUT2D eigenvalue weighted by Crippen LogP contribution is 2.20. The third kappa shape index (κ3) is 2.69. The van der Waals surface area contributed by atoms with Crippen LogP contribution in [0.25, 0.3) is 0 Å². The lowest BCUT2D eigenvalue weighted by Crippen LogP contribution is -2.21. The highest BCUT2D eigenvalue weighted by atomic mass is 15.1. The molecule has 0 bridgehead atoms. The highest BCUT2D eigenvalue weighted by molar-refractivity contribution is 6.00. The van der Waals surface area contributed by atoms with E-state index in [-0.39, 0.29) is 5.84 Å². The number of nitrogens with two attached hydrogens (primary N) is 1. The van der Waals surface area contributed by atoms with E-state index < -0.39 is 0 Å². The van der Waals surface area contributed by atoms with Crippen LogP contribution in [-0.4, -0.2) is 12.9 Å². The Morgan fingerprint density at radius 3 is 2.33 bits per heavy atom. The molecule has 2 aromatic carbocycles. The fourth-order valence-electron chi connectivity index (χ4n) is 1.98. The van der Waals surface area contributed by atoms with Gasteiger partial charge in [-0.2, -0.15) is 0 Å². The van der Waals surface area contributed by atoms with Crippen LogP contribution in [0.2, 0.25) is 0 Å². The summed E-state index contributed by atoms with van der Waals surface area (Å²) >= 11 is 0. The molecule has 3 nitrogen and oxygen atoms in total. The summed E-state index contributed by atoms with van der Waals surface area (Å²) in [6.07, 6.45) is 0. The summed E-state index contributed by atoms with van der Waals surface area (Å²) in [5.74, 6) is 0.102. The monoisotopic (exact) mass is 239 g/mol. The van der Waals surface area contributed by atoms with Gasteiger partial charge in [0.25, 0.3) is 0 Å². The van der Waals surface area contributed by atoms with Crippen molar-refractivity contribution in [2.24, 2.45) is 5.73 Å². The molecule has 2 aromatic rings. The Morgan fingerprint density at radius 1 is 1.06 bits per heavy atom. The van der Waals surface area contributed by atoms with E-state index in [1.165, 1.54) is 5.56 Å². The quantitative estimate of drug-likeness (QED) is 0.636. The zero-order chi connectivity index (χ0) is 13.0. The number of benzene rings is 2. The number of anilines is 1. The Hall–Kier alpha value is -2.29. The van der Waals surface area contributed by atoms with Crippen molar-refractivity contribution in [1.82, 2.24) is 0 Å². The normalized spacial score (nSPS) is 10.1. The smallest absolute Gasteiger partial charge is 0.124 e. The lowest BCUT2D eigenvalue weighted by atomic mass is 10.1. The summed E-state index contributed by atoms with van der Waals surface area (Å²) in [6, 6.07) is 18.0. The molecule has 3 N–H and O–H groups in total. The molecular weight excluding hydrogens is 222 g/mol. The molecular formula is C15H17N3. The van der Waals surface area contributed by atoms with Crippen LogP contribution in [-0.2, 0) is 6.54 Å². The maximum Gasteiger partial charge on any atom is 0.124 e. The first kappa shape index (κ1) is 12.2. The number of nitrogens with one attached hydrogen (secondary N) is 1. The molecule has 18 heavy (non-hydrogen) atoms. The standard InChI is InChI=1S/C15H17N3/c1-18(11-12-7-3-2-4-8-12)14-10-6-5-9-13(14)15(16)17/h2-10H,11H2,1H3,(H3,16,17). The molecule has 0 aliphatic rings. The van der Waals surface area contributed by atoms with Gasteiger partial charge in [0.1, 0.15) is 5.84 Å². The predicted molar refractivity (Wildman–Crippen MR) is 76.0 cm³/mol. The largest absolute Gasteiger partial charge is 0.384 e. The molecule has 3 heteroatoms. The number of rotatable bonds is 4. The summed E-state index contributed by atoms with van der Waals surface area (Å²) in [6.45, 7) is 0.797. The molecule has 0 heterocycles. The van der Waals surface area contributed by atoms with Crippen LogP contribution in [0.15, 0.2) is 54.6 Å². The van der Waals surface area contributed by atoms with Gasteiger partial charge in [-0.25, -0.2) is 0 Å². The van der Waals surface area contributed by atoms with Crippen molar-refractivity contribution in [3.63, 3.8) is 0 Å². The van der Waals surface area contributed by atoms with E-state index >= 15 is 0 Å². The van der Waals surface area contributed by atoms with E-state index in [1.54, 1.807) is 0 Å². The molecule has 0 aromatic heterocycles. The van der Waals surface area contributed by atoms with Crippen molar-refractivity contribution in [2.75, 3.05) is 11.9 Å². The van der Waals surface area contributed by atoms with Crippen molar-refractivity contribution in [2.45, 2.75) is 6.54 Å². The van der Waals surface area contributed by atoms with E-state index in [0.29, 0.717) is 0 Å². The second-order valence-electron chi connectivity index (χ2n) is 4.27. The number of amidine groups is 1. The first-order valence-electron chi connectivity index (χ1n) is 5.87. The van der Waals surface area contributed by atoms with Gasteiger partial charge in [0.15, 0.2) is 0 Å². The fourth-order valence-corrected chi connectivity index (χ4v) is 1.98. The summed E-state index contributed by atoms with van der Waals surface area (Å²) in [5, 5.41) is 7.60. The SMILES string of the molecule is CN(Cc1ccccc1)c1ccccc1C(=N)N. The number of hydrogen-bond acceptors (Lipinski definition) is 2. The summed E-state index contributed by atoms with van der Waals surface area (Å²) in [4.78, 5) is 2.10. The van der Waals surface area contributed by atoms with E-state index in [4.69, 9.17) is 11.1 Å². The molecule has 92 valence electrons. The van der Waals surface area contributed by atoms with E-state index in [2.05, 4.69) is 17.0 Å². The van der Waals surface area contributed by atoms with Gasteiger partial charge in [0, 0.05) is 24.8 Å². The molecule has 0 aliphatic heterocycles. The zero-order valence-corrected chi connectivity index (χ0v) is 10.4. The molecule has 0 saturated heterocycles. The van der Waals surface area contributed by atoms with Crippen molar-refractivity contribution in [1.29, 1.82) is 5.41 Å². The van der Waals surface area contributed by atoms with Gasteiger partial charge in [0.05, 0.1) is 0 Å². The summed E-state index contributed by atoms with van der Waals surface area (Å²) in [7, 11) is 2.01. The lowest BCUT2D eigenvalue weighted by Gasteiger charge is -2.22. The molecule has 0 radical (unpaired) electrons. The molecule has 0 fully saturated rings. The second-order valence-corrected chi connectivity index (χ2v) is 4.27. The summed E-state index contributed by atoms with van der Waals surface area (Å²) in [5.41, 5.74) is 8.59. The minimum absolute atomic E-state index is 0.102. The number of nitrogens with zero attached hydrogens (tertiary/aromatic N) is 1. The van der Waals surface area contributed by atoms with Gasteiger partial charge in [-0.05, 0) is 17.7 Å². The van der Waals surface area contributed by atoms with Crippen molar-refractivity contribution in [3.8, 4) is 0 Å². The van der Waals surface area contributed by atoms with Crippen LogP contribution < -0.4 is 10.6 Å². The molecule has 0 amide bonds. The van der Waals surface area contributed by atoms with Gasteiger partial charge < -0.3 is 10.6 Å². The average molecular weight is 239 g/mol. The van der Waals surface area contributed by atoms with Crippen LogP contribution >= 0.6 is 0 Å². The number of hydrogen-bond donors (Lipinski definition) is 2. The van der Waals surface area contributed by atoms with Crippen molar-refractivity contribution < 1.29 is 0 Å². The van der Waals surface area contributed by atoms with Crippen molar-refractivity contribution in [3.05, 3.63) is 65.7 Å². The van der Waals surface area contributed by atoms with E-state index in [9.17, 15) is 0 Å². The molecule has 0 unspecified atom stereocenters. The molecule has 2 rings (SSSR count). The maximum absolute atomic E-state index is 7.60. The van der Waals surface area contributed by atoms with Crippen molar-refractivity contribution >= 4 is 11.5 Å². The number of para-hydroxylation sites is 1. The van der Waals surface area contributed by atoms with E-state index in [1.807, 2.05) is 49.5 Å². The van der Waals surface area contributed by atoms with Crippen LogP contribution in [0.1, 0.15) is 11.1 Å². The van der Waals surface area contributed by atoms with Crippen LogP contribution in [0.3, 0.4) is 0 Å². The Balaban J connectivity index is 2.24. The van der Waals surface area contributed by atoms with Gasteiger partial charge in [-0.15, -0.1) is 0 Å². The molecule has 0 atom stereocenters. The Bertz CT molecular complexity index is 534. The van der Waals surface area contributed by atoms with Crippen LogP contribution in [0.4, 0.5) is 5.69 Å². The Kier molecular flexibility index (Phi) is 3.63. The second kappa shape index (κ2) is 5.36. The van der Waals surface area contributed by atoms with Gasteiger partial charge in [0.2, 0.25) is 0 Å². The Labute approximate surface area is 107 Å². The van der Waals surface area contributed by atoms with E-state index in [0.717, 1.165) is 17.8 Å². The Morgan fingerprint density at radius 2 is 1.67 bits per heavy atom. The first-order chi connectivity index (χ1) is 8.68. The molecule has 0 aliphatic carbocycles. The maximum atomic E-state index is 7.60. The zero-order valence-electron chi connectivity index (χ0n) is 10.4. The molecule has 0 saturated carbocycles. The topological polar surface area (TPSA) is 53.1 Å².